The average Bonchev–Trinajstić information content (AvgIpc) is 0.786. The van der Waals surface area contributed by atoms with Gasteiger partial charge in [-0.25, -0.2) is 0 Å². The van der Waals surface area contributed by atoms with Gasteiger partial charge in [0.2, 0.25) is 5.91 Å². The smallest absolute Gasteiger partial charge is 0.220 e. The first-order valence-electron chi connectivity index (χ1n) is 38.0. The molecule has 0 aromatic carbocycles. The van der Waals surface area contributed by atoms with E-state index in [2.05, 4.69) is 67.8 Å². The molecule has 0 bridgehead atoms. The first-order chi connectivity index (χ1) is 46.3. The van der Waals surface area contributed by atoms with Gasteiger partial charge in [-0.2, -0.15) is 0 Å². The van der Waals surface area contributed by atoms with Crippen LogP contribution in [-0.4, -0.2) is 193 Å². The van der Waals surface area contributed by atoms with Gasteiger partial charge in [-0.15, -0.1) is 0 Å². The monoisotopic (exact) mass is 1350 g/mol. The summed E-state index contributed by atoms with van der Waals surface area (Å²) in [5, 5.41) is 121. The van der Waals surface area contributed by atoms with Gasteiger partial charge in [0.05, 0.1) is 38.6 Å². The quantitative estimate of drug-likeness (QED) is 0.0199. The van der Waals surface area contributed by atoms with Crippen LogP contribution < -0.4 is 5.32 Å². The molecule has 3 rings (SSSR count). The van der Waals surface area contributed by atoms with Crippen LogP contribution in [0.2, 0.25) is 0 Å². The molecule has 3 aliphatic heterocycles. The largest absolute Gasteiger partial charge is 0.394 e. The van der Waals surface area contributed by atoms with Gasteiger partial charge < -0.3 is 89.9 Å². The Morgan fingerprint density at radius 2 is 0.705 bits per heavy atom. The van der Waals surface area contributed by atoms with Gasteiger partial charge in [-0.3, -0.25) is 4.79 Å². The lowest BCUT2D eigenvalue weighted by Gasteiger charge is -2.48. The molecule has 12 N–H and O–H groups in total. The van der Waals surface area contributed by atoms with Crippen molar-refractivity contribution >= 4 is 5.91 Å². The number of hydrogen-bond donors (Lipinski definition) is 12. The van der Waals surface area contributed by atoms with Crippen LogP contribution in [0, 0.1) is 0 Å². The van der Waals surface area contributed by atoms with Crippen molar-refractivity contribution in [1.82, 2.24) is 5.32 Å². The molecule has 17 unspecified atom stereocenters. The molecule has 95 heavy (non-hydrogen) atoms. The highest BCUT2D eigenvalue weighted by Crippen LogP contribution is 2.33. The Bertz CT molecular complexity index is 1950. The SMILES string of the molecule is CCCCCCC/C=C\C/C=C\C/C=C\CCCCCCCCCCCCCCCCCCCCC(=O)NC(COC1OC(CO)C(OC2OC(CO)C(OC3OC(CO)C(O)C(O)C3O)C(O)C2O)C(O)C1O)C(O)/C=C/CC/C=C/CCCCCCCCCCCCC. The Balaban J connectivity index is 1.37. The van der Waals surface area contributed by atoms with E-state index in [1.165, 1.54) is 199 Å². The summed E-state index contributed by atoms with van der Waals surface area (Å²) >= 11 is 0. The number of rotatable bonds is 59. The molecule has 3 saturated heterocycles. The Hall–Kier alpha value is -2.51. The third-order valence-corrected chi connectivity index (χ3v) is 18.8. The van der Waals surface area contributed by atoms with Gasteiger partial charge in [0.15, 0.2) is 18.9 Å². The molecular formula is C76H137NO18. The molecule has 0 spiro atoms. The second-order valence-electron chi connectivity index (χ2n) is 27.1. The number of amides is 1. The summed E-state index contributed by atoms with van der Waals surface area (Å²) in [5.41, 5.74) is 0. The van der Waals surface area contributed by atoms with Gasteiger partial charge in [-0.1, -0.05) is 267 Å². The van der Waals surface area contributed by atoms with Gasteiger partial charge in [-0.05, 0) is 70.6 Å². The van der Waals surface area contributed by atoms with E-state index in [1.807, 2.05) is 6.08 Å². The molecule has 3 heterocycles. The fraction of sp³-hybridized carbons (Fsp3) is 0.855. The Morgan fingerprint density at radius 3 is 1.13 bits per heavy atom. The zero-order chi connectivity index (χ0) is 68.9. The van der Waals surface area contributed by atoms with Crippen LogP contribution in [0.4, 0.5) is 0 Å². The number of allylic oxidation sites excluding steroid dienone is 9. The minimum atomic E-state index is -1.98. The molecule has 554 valence electrons. The van der Waals surface area contributed by atoms with Crippen LogP contribution in [0.25, 0.3) is 0 Å². The zero-order valence-electron chi connectivity index (χ0n) is 58.9. The molecule has 1 amide bonds. The third kappa shape index (κ3) is 38.2. The van der Waals surface area contributed by atoms with E-state index >= 15 is 0 Å². The van der Waals surface area contributed by atoms with E-state index in [0.717, 1.165) is 51.4 Å². The van der Waals surface area contributed by atoms with Crippen LogP contribution in [0.1, 0.15) is 284 Å². The molecule has 0 aromatic heterocycles. The Kier molecular flexibility index (Phi) is 52.2. The van der Waals surface area contributed by atoms with Crippen molar-refractivity contribution in [2.24, 2.45) is 0 Å². The minimum Gasteiger partial charge on any atom is -0.394 e. The highest BCUT2D eigenvalue weighted by atomic mass is 16.8. The van der Waals surface area contributed by atoms with Crippen LogP contribution in [-0.2, 0) is 33.2 Å². The molecule has 19 heteroatoms. The summed E-state index contributed by atoms with van der Waals surface area (Å²) in [4.78, 5) is 13.4. The van der Waals surface area contributed by atoms with Crippen molar-refractivity contribution in [3.05, 3.63) is 60.8 Å². The minimum absolute atomic E-state index is 0.236. The second kappa shape index (κ2) is 57.2. The molecule has 3 aliphatic rings. The molecular weight excluding hydrogens is 1210 g/mol. The van der Waals surface area contributed by atoms with Crippen LogP contribution in [0.15, 0.2) is 60.8 Å². The topological polar surface area (TPSA) is 307 Å². The first kappa shape index (κ1) is 86.7. The highest BCUT2D eigenvalue weighted by molar-refractivity contribution is 5.76. The summed E-state index contributed by atoms with van der Waals surface area (Å²) in [6.07, 6.45) is 45.0. The van der Waals surface area contributed by atoms with Gasteiger partial charge in [0.25, 0.3) is 0 Å². The fourth-order valence-electron chi connectivity index (χ4n) is 12.6. The van der Waals surface area contributed by atoms with Gasteiger partial charge in [0, 0.05) is 6.42 Å². The number of carbonyl (C=O) groups is 1. The summed E-state index contributed by atoms with van der Waals surface area (Å²) in [5.74, 6) is -0.283. The number of unbranched alkanes of at least 4 members (excludes halogenated alkanes) is 35. The summed E-state index contributed by atoms with van der Waals surface area (Å²) in [6.45, 7) is 1.72. The highest BCUT2D eigenvalue weighted by Gasteiger charge is 2.53. The number of carbonyl (C=O) groups excluding carboxylic acids is 1. The second-order valence-corrected chi connectivity index (χ2v) is 27.1. The van der Waals surface area contributed by atoms with Crippen molar-refractivity contribution in [3.63, 3.8) is 0 Å². The molecule has 0 radical (unpaired) electrons. The van der Waals surface area contributed by atoms with Crippen LogP contribution in [0.5, 0.6) is 0 Å². The van der Waals surface area contributed by atoms with E-state index < -0.39 is 124 Å². The predicted octanol–water partition coefficient (Wildman–Crippen LogP) is 11.5. The van der Waals surface area contributed by atoms with Gasteiger partial charge in [0.1, 0.15) is 73.2 Å². The lowest BCUT2D eigenvalue weighted by atomic mass is 9.96. The van der Waals surface area contributed by atoms with Crippen LogP contribution >= 0.6 is 0 Å². The first-order valence-corrected chi connectivity index (χ1v) is 38.0. The number of ether oxygens (including phenoxy) is 6. The number of hydrogen-bond acceptors (Lipinski definition) is 18. The average molecular weight is 1350 g/mol. The van der Waals surface area contributed by atoms with E-state index in [-0.39, 0.29) is 18.9 Å². The number of aliphatic hydroxyl groups is 11. The Morgan fingerprint density at radius 1 is 0.379 bits per heavy atom. The van der Waals surface area contributed by atoms with Crippen molar-refractivity contribution in [3.8, 4) is 0 Å². The molecule has 19 nitrogen and oxygen atoms in total. The summed E-state index contributed by atoms with van der Waals surface area (Å²) in [7, 11) is 0. The summed E-state index contributed by atoms with van der Waals surface area (Å²) < 4.78 is 34.4. The molecule has 3 fully saturated rings. The molecule has 0 aliphatic carbocycles. The molecule has 17 atom stereocenters. The Labute approximate surface area is 573 Å². The van der Waals surface area contributed by atoms with E-state index in [0.29, 0.717) is 12.8 Å². The van der Waals surface area contributed by atoms with Gasteiger partial charge >= 0.3 is 0 Å². The standard InChI is InChI=1S/C76H137NO18/c1-3-5-7-9-11-13-15-17-19-21-22-23-24-25-26-27-28-29-30-31-32-33-34-35-36-38-40-42-44-46-48-50-52-54-64(82)77-59(60(81)53-51-49-47-45-43-41-39-37-20-18-16-14-12-10-8-6-4-2)58-90-74-70(88)67(85)72(62(56-79)92-74)95-76-71(89)68(86)73(63(57-80)93-76)94-75-69(87)66(84)65(83)61(55-78)91-75/h15,17,21-22,24-25,43,45,51,53,59-63,65-76,78-81,83-89H,3-14,16,18-20,23,26-42,44,46-50,52,54-58H2,1-2H3,(H,77,82)/b17-15-,22-21-,25-24-,45-43+,53-51+. The van der Waals surface area contributed by atoms with E-state index in [9.17, 15) is 61.0 Å². The predicted molar refractivity (Wildman–Crippen MR) is 374 cm³/mol. The lowest BCUT2D eigenvalue weighted by Crippen LogP contribution is -2.66. The van der Waals surface area contributed by atoms with Crippen molar-refractivity contribution in [2.45, 2.75) is 388 Å². The maximum atomic E-state index is 13.4. The molecule has 0 aromatic rings. The maximum absolute atomic E-state index is 13.4. The molecule has 0 saturated carbocycles. The van der Waals surface area contributed by atoms with Crippen LogP contribution in [0.3, 0.4) is 0 Å². The van der Waals surface area contributed by atoms with Crippen molar-refractivity contribution in [2.75, 3.05) is 26.4 Å². The zero-order valence-corrected chi connectivity index (χ0v) is 58.9. The lowest BCUT2D eigenvalue weighted by molar-refractivity contribution is -0.379. The maximum Gasteiger partial charge on any atom is 0.220 e. The fourth-order valence-corrected chi connectivity index (χ4v) is 12.6. The van der Waals surface area contributed by atoms with E-state index in [1.54, 1.807) is 6.08 Å². The number of aliphatic hydroxyl groups excluding tert-OH is 11. The van der Waals surface area contributed by atoms with Crippen molar-refractivity contribution < 1.29 is 89.4 Å². The summed E-state index contributed by atoms with van der Waals surface area (Å²) in [6, 6.07) is -0.991. The van der Waals surface area contributed by atoms with E-state index in [4.69, 9.17) is 28.4 Å². The normalized spacial score (nSPS) is 27.5. The third-order valence-electron chi connectivity index (χ3n) is 18.8. The van der Waals surface area contributed by atoms with Crippen molar-refractivity contribution in [1.29, 1.82) is 0 Å². The number of nitrogens with one attached hydrogen (secondary N) is 1.